The number of benzene rings is 1. The fourth-order valence-corrected chi connectivity index (χ4v) is 2.56. The molecule has 0 radical (unpaired) electrons. The summed E-state index contributed by atoms with van der Waals surface area (Å²) in [4.78, 5) is 12.1. The SMILES string of the molecule is Cc1ccccc1CCCn1ncc2cnn(C)c(=O)c21. The highest BCUT2D eigenvalue weighted by atomic mass is 16.1. The highest BCUT2D eigenvalue weighted by Gasteiger charge is 2.08. The van der Waals surface area contributed by atoms with E-state index in [4.69, 9.17) is 0 Å². The van der Waals surface area contributed by atoms with Crippen LogP contribution in [0.1, 0.15) is 17.5 Å². The smallest absolute Gasteiger partial charge is 0.265 e. The van der Waals surface area contributed by atoms with Gasteiger partial charge in [-0.2, -0.15) is 10.2 Å². The first-order valence-corrected chi connectivity index (χ1v) is 7.09. The molecule has 3 aromatic rings. The molecule has 0 amide bonds. The van der Waals surface area contributed by atoms with Gasteiger partial charge in [-0.15, -0.1) is 0 Å². The molecular weight excluding hydrogens is 264 g/mol. The third-order valence-electron chi connectivity index (χ3n) is 3.81. The molecule has 0 unspecified atom stereocenters. The number of rotatable bonds is 4. The third-order valence-corrected chi connectivity index (χ3v) is 3.81. The number of aryl methyl sites for hydroxylation is 4. The van der Waals surface area contributed by atoms with E-state index in [1.54, 1.807) is 24.1 Å². The van der Waals surface area contributed by atoms with Crippen molar-refractivity contribution in [3.05, 3.63) is 58.1 Å². The van der Waals surface area contributed by atoms with Gasteiger partial charge in [0.1, 0.15) is 5.52 Å². The van der Waals surface area contributed by atoms with Crippen LogP contribution in [-0.4, -0.2) is 19.6 Å². The molecule has 0 spiro atoms. The van der Waals surface area contributed by atoms with E-state index >= 15 is 0 Å². The Labute approximate surface area is 122 Å². The Kier molecular flexibility index (Phi) is 3.56. The summed E-state index contributed by atoms with van der Waals surface area (Å²) in [7, 11) is 1.66. The lowest BCUT2D eigenvalue weighted by Crippen LogP contribution is -2.21. The molecule has 0 fully saturated rings. The van der Waals surface area contributed by atoms with E-state index in [1.807, 2.05) is 0 Å². The van der Waals surface area contributed by atoms with Gasteiger partial charge in [-0.05, 0) is 30.9 Å². The fourth-order valence-electron chi connectivity index (χ4n) is 2.56. The molecule has 0 saturated carbocycles. The van der Waals surface area contributed by atoms with E-state index in [0.29, 0.717) is 5.52 Å². The van der Waals surface area contributed by atoms with Crippen LogP contribution in [0.5, 0.6) is 0 Å². The minimum atomic E-state index is -0.0964. The summed E-state index contributed by atoms with van der Waals surface area (Å²) in [6, 6.07) is 8.39. The van der Waals surface area contributed by atoms with Gasteiger partial charge >= 0.3 is 0 Å². The van der Waals surface area contributed by atoms with Gasteiger partial charge in [-0.1, -0.05) is 24.3 Å². The Hall–Kier alpha value is -2.43. The van der Waals surface area contributed by atoms with E-state index in [0.717, 1.165) is 24.8 Å². The van der Waals surface area contributed by atoms with Gasteiger partial charge in [-0.25, -0.2) is 4.68 Å². The summed E-state index contributed by atoms with van der Waals surface area (Å²) in [5.41, 5.74) is 3.20. The lowest BCUT2D eigenvalue weighted by Gasteiger charge is -2.06. The molecule has 5 nitrogen and oxygen atoms in total. The summed E-state index contributed by atoms with van der Waals surface area (Å²) < 4.78 is 3.14. The topological polar surface area (TPSA) is 52.7 Å². The zero-order valence-electron chi connectivity index (χ0n) is 12.3. The van der Waals surface area contributed by atoms with Crippen molar-refractivity contribution in [3.8, 4) is 0 Å². The summed E-state index contributed by atoms with van der Waals surface area (Å²) in [5, 5.41) is 9.12. The normalized spacial score (nSPS) is 11.1. The van der Waals surface area contributed by atoms with Gasteiger partial charge < -0.3 is 0 Å². The molecule has 1 aromatic carbocycles. The molecule has 0 N–H and O–H groups in total. The van der Waals surface area contributed by atoms with E-state index in [2.05, 4.69) is 41.4 Å². The predicted octanol–water partition coefficient (Wildman–Crippen LogP) is 2.07. The summed E-state index contributed by atoms with van der Waals surface area (Å²) in [6.07, 6.45) is 5.33. The van der Waals surface area contributed by atoms with Crippen LogP contribution in [0.4, 0.5) is 0 Å². The van der Waals surface area contributed by atoms with Crippen molar-refractivity contribution >= 4 is 10.9 Å². The first kappa shape index (κ1) is 13.5. The molecule has 0 aliphatic carbocycles. The van der Waals surface area contributed by atoms with Gasteiger partial charge in [0.15, 0.2) is 0 Å². The van der Waals surface area contributed by atoms with Gasteiger partial charge in [0.25, 0.3) is 5.56 Å². The first-order chi connectivity index (χ1) is 10.2. The second-order valence-corrected chi connectivity index (χ2v) is 5.28. The summed E-state index contributed by atoms with van der Waals surface area (Å²) in [6.45, 7) is 2.86. The van der Waals surface area contributed by atoms with Gasteiger partial charge in [-0.3, -0.25) is 9.48 Å². The van der Waals surface area contributed by atoms with Crippen LogP contribution in [-0.2, 0) is 20.0 Å². The summed E-state index contributed by atoms with van der Waals surface area (Å²) >= 11 is 0. The van der Waals surface area contributed by atoms with Crippen molar-refractivity contribution in [3.63, 3.8) is 0 Å². The molecule has 3 rings (SSSR count). The molecular formula is C16H18N4O. The monoisotopic (exact) mass is 282 g/mol. The van der Waals surface area contributed by atoms with Gasteiger partial charge in [0.2, 0.25) is 0 Å². The fraction of sp³-hybridized carbons (Fsp3) is 0.312. The first-order valence-electron chi connectivity index (χ1n) is 7.09. The highest BCUT2D eigenvalue weighted by molar-refractivity contribution is 5.76. The second kappa shape index (κ2) is 5.52. The Morgan fingerprint density at radius 3 is 2.71 bits per heavy atom. The van der Waals surface area contributed by atoms with Crippen LogP contribution >= 0.6 is 0 Å². The van der Waals surface area contributed by atoms with Crippen LogP contribution in [0.3, 0.4) is 0 Å². The Balaban J connectivity index is 1.79. The maximum absolute atomic E-state index is 12.1. The van der Waals surface area contributed by atoms with Gasteiger partial charge in [0, 0.05) is 19.0 Å². The molecule has 5 heteroatoms. The lowest BCUT2D eigenvalue weighted by atomic mass is 10.0. The molecule has 2 aromatic heterocycles. The third kappa shape index (κ3) is 2.59. The molecule has 0 saturated heterocycles. The van der Waals surface area contributed by atoms with E-state index < -0.39 is 0 Å². The average Bonchev–Trinajstić information content (AvgIpc) is 2.89. The van der Waals surface area contributed by atoms with Crippen LogP contribution in [0.2, 0.25) is 0 Å². The number of fused-ring (bicyclic) bond motifs is 1. The Morgan fingerprint density at radius 1 is 1.14 bits per heavy atom. The molecule has 21 heavy (non-hydrogen) atoms. The number of hydrogen-bond acceptors (Lipinski definition) is 3. The summed E-state index contributed by atoms with van der Waals surface area (Å²) in [5.74, 6) is 0. The van der Waals surface area contributed by atoms with E-state index in [-0.39, 0.29) is 5.56 Å². The van der Waals surface area contributed by atoms with E-state index in [1.165, 1.54) is 15.8 Å². The maximum atomic E-state index is 12.1. The van der Waals surface area contributed by atoms with Crippen LogP contribution in [0.15, 0.2) is 41.5 Å². The van der Waals surface area contributed by atoms with Crippen LogP contribution in [0.25, 0.3) is 10.9 Å². The quantitative estimate of drug-likeness (QED) is 0.736. The molecule has 2 heterocycles. The zero-order valence-corrected chi connectivity index (χ0v) is 12.3. The number of nitrogens with zero attached hydrogens (tertiary/aromatic N) is 4. The predicted molar refractivity (Wildman–Crippen MR) is 82.3 cm³/mol. The van der Waals surface area contributed by atoms with Gasteiger partial charge in [0.05, 0.1) is 12.4 Å². The number of hydrogen-bond donors (Lipinski definition) is 0. The maximum Gasteiger partial charge on any atom is 0.292 e. The van der Waals surface area contributed by atoms with E-state index in [9.17, 15) is 4.79 Å². The standard InChI is InChI=1S/C16H18N4O/c1-12-6-3-4-7-13(12)8-5-9-20-15-14(11-18-20)10-17-19(2)16(15)21/h3-4,6-7,10-11H,5,8-9H2,1-2H3. The average molecular weight is 282 g/mol. The van der Waals surface area contributed by atoms with Crippen molar-refractivity contribution in [2.45, 2.75) is 26.3 Å². The minimum Gasteiger partial charge on any atom is -0.265 e. The largest absolute Gasteiger partial charge is 0.292 e. The molecule has 0 bridgehead atoms. The highest BCUT2D eigenvalue weighted by Crippen LogP contribution is 2.12. The van der Waals surface area contributed by atoms with Crippen molar-refractivity contribution in [1.29, 1.82) is 0 Å². The number of aromatic nitrogens is 4. The van der Waals surface area contributed by atoms with Crippen LogP contribution in [0, 0.1) is 6.92 Å². The molecule has 108 valence electrons. The molecule has 0 aliphatic heterocycles. The molecule has 0 aliphatic rings. The van der Waals surface area contributed by atoms with Crippen molar-refractivity contribution in [1.82, 2.24) is 19.6 Å². The Morgan fingerprint density at radius 2 is 1.90 bits per heavy atom. The van der Waals surface area contributed by atoms with Crippen molar-refractivity contribution in [2.24, 2.45) is 7.05 Å². The van der Waals surface area contributed by atoms with Crippen LogP contribution < -0.4 is 5.56 Å². The second-order valence-electron chi connectivity index (χ2n) is 5.28. The van der Waals surface area contributed by atoms with Crippen molar-refractivity contribution < 1.29 is 0 Å². The zero-order chi connectivity index (χ0) is 14.8. The minimum absolute atomic E-state index is 0.0964. The Bertz CT molecular complexity index is 832. The lowest BCUT2D eigenvalue weighted by molar-refractivity contribution is 0.589. The van der Waals surface area contributed by atoms with Crippen molar-refractivity contribution in [2.75, 3.05) is 0 Å². The molecule has 0 atom stereocenters.